The number of carbonyl (C=O) groups excluding carboxylic acids is 3. The molecule has 0 saturated heterocycles. The zero-order valence-electron chi connectivity index (χ0n) is 23.3. The van der Waals surface area contributed by atoms with Crippen LogP contribution in [0.5, 0.6) is 0 Å². The van der Waals surface area contributed by atoms with Crippen molar-refractivity contribution in [2.75, 3.05) is 10.6 Å². The first kappa shape index (κ1) is 32.7. The van der Waals surface area contributed by atoms with Crippen molar-refractivity contribution >= 4 is 108 Å². The minimum Gasteiger partial charge on any atom is -0.451 e. The van der Waals surface area contributed by atoms with Crippen molar-refractivity contribution in [1.29, 1.82) is 0 Å². The van der Waals surface area contributed by atoms with Crippen molar-refractivity contribution < 1.29 is 19.1 Å². The summed E-state index contributed by atoms with van der Waals surface area (Å²) in [5, 5.41) is 5.60. The number of ether oxygens (including phenoxy) is 1. The Balaban J connectivity index is 1.68. The molecule has 0 unspecified atom stereocenters. The van der Waals surface area contributed by atoms with Gasteiger partial charge in [0.05, 0.1) is 38.5 Å². The molecule has 10 heteroatoms. The summed E-state index contributed by atoms with van der Waals surface area (Å²) in [5.41, 5.74) is 1.06. The number of esters is 1. The van der Waals surface area contributed by atoms with Gasteiger partial charge in [-0.25, -0.2) is 4.79 Å². The molecule has 0 saturated carbocycles. The number of halogens is 3. The number of hydrogen-bond donors (Lipinski definition) is 2. The van der Waals surface area contributed by atoms with Crippen LogP contribution in [0.1, 0.15) is 43.6 Å². The number of amides is 2. The van der Waals surface area contributed by atoms with Crippen molar-refractivity contribution in [2.45, 2.75) is 48.0 Å². The molecule has 42 heavy (non-hydrogen) atoms. The number of hydrogen-bond acceptors (Lipinski definition) is 4. The van der Waals surface area contributed by atoms with Gasteiger partial charge in [-0.2, -0.15) is 0 Å². The highest BCUT2D eigenvalue weighted by atomic mass is 127. The normalized spacial score (nSPS) is 11.2. The molecule has 6 nitrogen and oxygen atoms in total. The topological polar surface area (TPSA) is 84.5 Å². The number of carbonyl (C=O) groups is 3. The Morgan fingerprint density at radius 3 is 1.45 bits per heavy atom. The van der Waals surface area contributed by atoms with E-state index in [1.165, 1.54) is 23.6 Å². The third kappa shape index (κ3) is 7.48. The van der Waals surface area contributed by atoms with Crippen molar-refractivity contribution in [3.63, 3.8) is 0 Å². The lowest BCUT2D eigenvalue weighted by atomic mass is 9.98. The van der Waals surface area contributed by atoms with Gasteiger partial charge >= 0.3 is 5.97 Å². The van der Waals surface area contributed by atoms with Gasteiger partial charge in [0.2, 0.25) is 11.8 Å². The summed E-state index contributed by atoms with van der Waals surface area (Å²) in [7, 11) is -0.293. The second-order valence-corrected chi connectivity index (χ2v) is 15.0. The summed E-state index contributed by atoms with van der Waals surface area (Å²) in [6.45, 7) is 6.50. The highest BCUT2D eigenvalue weighted by molar-refractivity contribution is 14.1. The molecule has 0 heterocycles. The monoisotopic (exact) mass is 917 g/mol. The fourth-order valence-corrected chi connectivity index (χ4v) is 10.5. The second-order valence-electron chi connectivity index (χ2n) is 9.79. The molecule has 0 aromatic heterocycles. The Hall–Kier alpha value is -2.17. The van der Waals surface area contributed by atoms with Crippen LogP contribution in [-0.4, -0.2) is 17.8 Å². The van der Waals surface area contributed by atoms with Crippen LogP contribution in [0.4, 0.5) is 11.4 Å². The van der Waals surface area contributed by atoms with E-state index in [0.717, 1.165) is 10.5 Å². The van der Waals surface area contributed by atoms with E-state index >= 15 is 0 Å². The van der Waals surface area contributed by atoms with E-state index in [1.807, 2.05) is 83.3 Å². The molecular weight excluding hydrogens is 889 g/mol. The van der Waals surface area contributed by atoms with E-state index in [2.05, 4.69) is 93.9 Å². The van der Waals surface area contributed by atoms with Gasteiger partial charge in [0.25, 0.3) is 0 Å². The van der Waals surface area contributed by atoms with Gasteiger partial charge in [0.15, 0.2) is 14.7 Å². The lowest BCUT2D eigenvalue weighted by Gasteiger charge is -2.27. The summed E-state index contributed by atoms with van der Waals surface area (Å²) < 4.78 is 7.83. The largest absolute Gasteiger partial charge is 0.451 e. The first-order valence-corrected chi connectivity index (χ1v) is 17.3. The predicted octanol–water partition coefficient (Wildman–Crippen LogP) is 8.60. The van der Waals surface area contributed by atoms with Crippen LogP contribution >= 0.6 is 67.8 Å². The lowest BCUT2D eigenvalue weighted by Crippen LogP contribution is -2.27. The van der Waals surface area contributed by atoms with E-state index in [4.69, 9.17) is 4.74 Å². The molecule has 0 spiro atoms. The third-order valence-corrected chi connectivity index (χ3v) is 11.7. The minimum atomic E-state index is -0.967. The van der Waals surface area contributed by atoms with Crippen LogP contribution in [0.2, 0.25) is 0 Å². The number of benzene rings is 4. The molecule has 216 valence electrons. The zero-order chi connectivity index (χ0) is 30.6. The maximum atomic E-state index is 13.7. The van der Waals surface area contributed by atoms with Crippen molar-refractivity contribution in [2.24, 2.45) is 0 Å². The van der Waals surface area contributed by atoms with Crippen LogP contribution < -0.4 is 10.6 Å². The Morgan fingerprint density at radius 2 is 1.05 bits per heavy atom. The molecule has 4 aromatic carbocycles. The van der Waals surface area contributed by atoms with Gasteiger partial charge in [-0.3, -0.25) is 9.59 Å². The molecule has 0 aliphatic rings. The maximum absolute atomic E-state index is 13.7. The Morgan fingerprint density at radius 1 is 0.643 bits per heavy atom. The molecule has 4 rings (SSSR count). The fraction of sp³-hybridized carbons (Fsp3) is 0.156. The van der Waals surface area contributed by atoms with Gasteiger partial charge in [-0.15, -0.1) is 0 Å². The second kappa shape index (κ2) is 14.1. The summed E-state index contributed by atoms with van der Waals surface area (Å²) in [5.74, 6) is -1.13. The molecule has 2 N–H and O–H groups in total. The first-order chi connectivity index (χ1) is 19.9. The maximum Gasteiger partial charge on any atom is 0.341 e. The van der Waals surface area contributed by atoms with E-state index in [9.17, 15) is 14.4 Å². The molecule has 4 aromatic rings. The molecule has 0 fully saturated rings. The van der Waals surface area contributed by atoms with E-state index in [0.29, 0.717) is 22.1 Å². The highest BCUT2D eigenvalue weighted by Crippen LogP contribution is 2.40. The van der Waals surface area contributed by atoms with Crippen molar-refractivity contribution in [3.8, 4) is 0 Å². The number of nitrogens with one attached hydrogen (secondary N) is 2. The molecule has 0 atom stereocenters. The molecule has 2 amide bonds. The smallest absolute Gasteiger partial charge is 0.341 e. The van der Waals surface area contributed by atoms with Gasteiger partial charge in [-0.05, 0) is 124 Å². The molecule has 0 aliphatic heterocycles. The minimum absolute atomic E-state index is 0.281. The molecule has 0 bridgehead atoms. The van der Waals surface area contributed by atoms with Gasteiger partial charge in [0.1, 0.15) is 5.60 Å². The third-order valence-electron chi connectivity index (χ3n) is 6.21. The van der Waals surface area contributed by atoms with Crippen LogP contribution in [0.25, 0.3) is 0 Å². The zero-order valence-corrected chi connectivity index (χ0v) is 30.5. The molecule has 0 aliphatic carbocycles. The molecule has 0 radical (unpaired) electrons. The average Bonchev–Trinajstić information content (AvgIpc) is 2.95. The summed E-state index contributed by atoms with van der Waals surface area (Å²) in [6.07, 6.45) is 0. The fourth-order valence-electron chi connectivity index (χ4n) is 4.27. The van der Waals surface area contributed by atoms with E-state index in [-0.39, 0.29) is 28.3 Å². The summed E-state index contributed by atoms with van der Waals surface area (Å²) in [6, 6.07) is 29.0. The van der Waals surface area contributed by atoms with Crippen LogP contribution in [0.3, 0.4) is 0 Å². The SMILES string of the molecule is CC(=O)Nc1c(I)c(NC(C)=O)c(I)c(C(=O)OC(C)(C)c2ccc([S+](c3ccccc3)c3ccccc3)cc2)c1I. The standard InChI is InChI=1S/C32H27I3N2O4S/c1-19(38)36-29-26(33)25(27(34)30(28(29)35)37-20(2)39)31(40)41-32(3,4)21-15-17-24(18-16-21)42(22-11-7-5-8-12-22)23-13-9-6-10-14-23/h5-18H,1-4H3,(H-,36,37,38,39)/p+1. The highest BCUT2D eigenvalue weighted by Gasteiger charge is 2.33. The lowest BCUT2D eigenvalue weighted by molar-refractivity contribution is -0.115. The average molecular weight is 917 g/mol. The van der Waals surface area contributed by atoms with Crippen LogP contribution in [0.15, 0.2) is 99.6 Å². The quantitative estimate of drug-likeness (QED) is 0.105. The Bertz CT molecular complexity index is 1550. The van der Waals surface area contributed by atoms with E-state index < -0.39 is 11.6 Å². The predicted molar refractivity (Wildman–Crippen MR) is 193 cm³/mol. The number of rotatable bonds is 8. The van der Waals surface area contributed by atoms with Gasteiger partial charge in [0, 0.05) is 13.8 Å². The summed E-state index contributed by atoms with van der Waals surface area (Å²) in [4.78, 5) is 41.3. The summed E-state index contributed by atoms with van der Waals surface area (Å²) >= 11 is 6.15. The first-order valence-electron chi connectivity index (χ1n) is 12.8. The van der Waals surface area contributed by atoms with Crippen molar-refractivity contribution in [1.82, 2.24) is 0 Å². The van der Waals surface area contributed by atoms with Crippen LogP contribution in [0, 0.1) is 10.7 Å². The van der Waals surface area contributed by atoms with Crippen molar-refractivity contribution in [3.05, 3.63) is 107 Å². The van der Waals surface area contributed by atoms with Gasteiger partial charge < -0.3 is 15.4 Å². The van der Waals surface area contributed by atoms with Crippen LogP contribution in [-0.2, 0) is 30.8 Å². The van der Waals surface area contributed by atoms with Gasteiger partial charge in [-0.1, -0.05) is 48.5 Å². The number of anilines is 2. The Kier molecular flexibility index (Phi) is 11.0. The molecular formula is C32H28I3N2O4S+. The van der Waals surface area contributed by atoms with E-state index in [1.54, 1.807) is 0 Å². The Labute approximate surface area is 289 Å².